The quantitative estimate of drug-likeness (QED) is 0.391. The fourth-order valence-corrected chi connectivity index (χ4v) is 4.03. The molecule has 1 aromatic heterocycles. The van der Waals surface area contributed by atoms with Crippen molar-refractivity contribution in [2.24, 2.45) is 0 Å². The van der Waals surface area contributed by atoms with Gasteiger partial charge in [-0.2, -0.15) is 0 Å². The van der Waals surface area contributed by atoms with Crippen LogP contribution >= 0.6 is 0 Å². The molecule has 0 radical (unpaired) electrons. The Bertz CT molecular complexity index is 1250. The van der Waals surface area contributed by atoms with Crippen molar-refractivity contribution in [3.8, 4) is 23.0 Å². The Morgan fingerprint density at radius 1 is 1.03 bits per heavy atom. The van der Waals surface area contributed by atoms with Gasteiger partial charge in [0.05, 0.1) is 26.2 Å². The molecule has 192 valence electrons. The smallest absolute Gasteiger partial charge is 0.227 e. The van der Waals surface area contributed by atoms with Crippen LogP contribution in [0.2, 0.25) is 0 Å². The summed E-state index contributed by atoms with van der Waals surface area (Å²) >= 11 is 0. The second kappa shape index (κ2) is 11.6. The van der Waals surface area contributed by atoms with E-state index in [1.54, 1.807) is 26.2 Å². The molecule has 2 atom stereocenters. The molecule has 0 aliphatic heterocycles. The summed E-state index contributed by atoms with van der Waals surface area (Å²) < 4.78 is 16.1. The van der Waals surface area contributed by atoms with Gasteiger partial charge in [-0.15, -0.1) is 0 Å². The van der Waals surface area contributed by atoms with Crippen LogP contribution in [-0.4, -0.2) is 55.9 Å². The van der Waals surface area contributed by atoms with Gasteiger partial charge in [0.25, 0.3) is 0 Å². The standard InChI is InChI=1S/C27H32N2O7/c1-16-12-23(31)26(33)27(36-16)20(18-8-11-22(30)24(13-18)35-5)14-25(32)28-15-21(29(2)3)17-6-9-19(34-4)10-7-17/h6-13,20-21,30,33H,14-15H2,1-5H3,(H,28,32)/t20-,21-/m1/s1. The number of carbonyl (C=O) groups is 1. The maximum atomic E-state index is 13.1. The molecule has 3 aromatic rings. The molecule has 3 N–H and O–H groups in total. The third-order valence-corrected chi connectivity index (χ3v) is 6.00. The molecule has 9 nitrogen and oxygen atoms in total. The number of benzene rings is 2. The van der Waals surface area contributed by atoms with Gasteiger partial charge in [-0.3, -0.25) is 9.59 Å². The number of amides is 1. The van der Waals surface area contributed by atoms with E-state index in [-0.39, 0.29) is 35.6 Å². The minimum absolute atomic E-state index is 0.0257. The van der Waals surface area contributed by atoms with Crippen molar-refractivity contribution in [2.45, 2.75) is 25.3 Å². The van der Waals surface area contributed by atoms with Crippen LogP contribution in [0, 0.1) is 6.92 Å². The first-order chi connectivity index (χ1) is 17.1. The molecule has 1 heterocycles. The Labute approximate surface area is 209 Å². The van der Waals surface area contributed by atoms with Crippen molar-refractivity contribution in [1.29, 1.82) is 0 Å². The predicted molar refractivity (Wildman–Crippen MR) is 135 cm³/mol. The maximum absolute atomic E-state index is 13.1. The van der Waals surface area contributed by atoms with Crippen LogP contribution in [0.4, 0.5) is 0 Å². The highest BCUT2D eigenvalue weighted by Crippen LogP contribution is 2.37. The van der Waals surface area contributed by atoms with Gasteiger partial charge in [-0.1, -0.05) is 18.2 Å². The lowest BCUT2D eigenvalue weighted by Crippen LogP contribution is -2.35. The maximum Gasteiger partial charge on any atom is 0.227 e. The number of carbonyl (C=O) groups excluding carboxylic acids is 1. The third-order valence-electron chi connectivity index (χ3n) is 6.00. The van der Waals surface area contributed by atoms with Gasteiger partial charge >= 0.3 is 0 Å². The van der Waals surface area contributed by atoms with Gasteiger partial charge in [-0.05, 0) is 56.4 Å². The molecule has 0 aliphatic rings. The second-order valence-corrected chi connectivity index (χ2v) is 8.68. The van der Waals surface area contributed by atoms with Crippen LogP contribution in [-0.2, 0) is 4.79 Å². The Morgan fingerprint density at radius 3 is 2.31 bits per heavy atom. The van der Waals surface area contributed by atoms with Crippen molar-refractivity contribution in [2.75, 3.05) is 34.9 Å². The van der Waals surface area contributed by atoms with E-state index in [1.807, 2.05) is 43.3 Å². The lowest BCUT2D eigenvalue weighted by atomic mass is 9.91. The van der Waals surface area contributed by atoms with Gasteiger partial charge < -0.3 is 34.3 Å². The monoisotopic (exact) mass is 496 g/mol. The molecule has 9 heteroatoms. The molecule has 0 aliphatic carbocycles. The molecule has 0 unspecified atom stereocenters. The molecular weight excluding hydrogens is 464 g/mol. The highest BCUT2D eigenvalue weighted by molar-refractivity contribution is 5.77. The first-order valence-corrected chi connectivity index (χ1v) is 11.4. The Morgan fingerprint density at radius 2 is 1.69 bits per heavy atom. The molecule has 0 fully saturated rings. The largest absolute Gasteiger partial charge is 0.504 e. The summed E-state index contributed by atoms with van der Waals surface area (Å²) in [4.78, 5) is 27.4. The van der Waals surface area contributed by atoms with Crippen LogP contribution in [0.3, 0.4) is 0 Å². The number of phenolic OH excluding ortho intramolecular Hbond substituents is 1. The highest BCUT2D eigenvalue weighted by Gasteiger charge is 2.27. The fourth-order valence-electron chi connectivity index (χ4n) is 4.03. The zero-order chi connectivity index (χ0) is 26.4. The third kappa shape index (κ3) is 6.17. The average molecular weight is 497 g/mol. The molecule has 0 saturated carbocycles. The van der Waals surface area contributed by atoms with Crippen molar-refractivity contribution in [3.63, 3.8) is 0 Å². The lowest BCUT2D eigenvalue weighted by Gasteiger charge is -2.26. The molecule has 0 spiro atoms. The normalized spacial score (nSPS) is 12.7. The van der Waals surface area contributed by atoms with Gasteiger partial charge in [0.1, 0.15) is 11.5 Å². The topological polar surface area (TPSA) is 121 Å². The number of nitrogens with one attached hydrogen (secondary N) is 1. The number of hydrogen-bond acceptors (Lipinski definition) is 8. The summed E-state index contributed by atoms with van der Waals surface area (Å²) in [6.45, 7) is 1.92. The van der Waals surface area contributed by atoms with Crippen LogP contribution in [0.5, 0.6) is 23.0 Å². The molecule has 0 saturated heterocycles. The van der Waals surface area contributed by atoms with Crippen molar-refractivity contribution in [3.05, 3.63) is 81.4 Å². The number of ether oxygens (including phenoxy) is 2. The number of methoxy groups -OCH3 is 2. The number of aryl methyl sites for hydroxylation is 1. The molecule has 1 amide bonds. The Balaban J connectivity index is 1.88. The molecule has 3 rings (SSSR count). The lowest BCUT2D eigenvalue weighted by molar-refractivity contribution is -0.121. The van der Waals surface area contributed by atoms with Crippen molar-refractivity contribution < 1.29 is 28.9 Å². The number of likely N-dealkylation sites (N-methyl/N-ethyl adjacent to an activating group) is 1. The van der Waals surface area contributed by atoms with Crippen LogP contribution in [0.25, 0.3) is 0 Å². The fraction of sp³-hybridized carbons (Fsp3) is 0.333. The Hall–Kier alpha value is -3.98. The van der Waals surface area contributed by atoms with E-state index in [0.717, 1.165) is 11.3 Å². The van der Waals surface area contributed by atoms with E-state index in [0.29, 0.717) is 17.9 Å². The van der Waals surface area contributed by atoms with E-state index in [4.69, 9.17) is 13.9 Å². The van der Waals surface area contributed by atoms with Gasteiger partial charge in [-0.25, -0.2) is 0 Å². The number of phenols is 1. The molecule has 36 heavy (non-hydrogen) atoms. The van der Waals surface area contributed by atoms with Crippen molar-refractivity contribution in [1.82, 2.24) is 10.2 Å². The van der Waals surface area contributed by atoms with Crippen molar-refractivity contribution >= 4 is 5.91 Å². The number of nitrogens with zero attached hydrogens (tertiary/aromatic N) is 1. The SMILES string of the molecule is COc1ccc([C@@H](CNC(=O)C[C@H](c2ccc(O)c(OC)c2)c2oc(C)cc(=O)c2O)N(C)C)cc1. The van der Waals surface area contributed by atoms with E-state index >= 15 is 0 Å². The minimum Gasteiger partial charge on any atom is -0.504 e. The van der Waals surface area contributed by atoms with Gasteiger partial charge in [0.2, 0.25) is 17.1 Å². The van der Waals surface area contributed by atoms with Crippen LogP contribution in [0.1, 0.15) is 41.0 Å². The number of rotatable bonds is 10. The summed E-state index contributed by atoms with van der Waals surface area (Å²) in [5, 5.41) is 23.5. The first kappa shape index (κ1) is 26.6. The minimum atomic E-state index is -0.800. The van der Waals surface area contributed by atoms with Gasteiger partial charge in [0.15, 0.2) is 17.3 Å². The molecular formula is C27H32N2O7. The average Bonchev–Trinajstić information content (AvgIpc) is 2.85. The summed E-state index contributed by atoms with van der Waals surface area (Å²) in [5.74, 6) is -0.533. The predicted octanol–water partition coefficient (Wildman–Crippen LogP) is 3.32. The molecule has 0 bridgehead atoms. The molecule has 2 aromatic carbocycles. The first-order valence-electron chi connectivity index (χ1n) is 11.4. The van der Waals surface area contributed by atoms with E-state index in [9.17, 15) is 19.8 Å². The van der Waals surface area contributed by atoms with Crippen LogP contribution in [0.15, 0.2) is 57.7 Å². The van der Waals surface area contributed by atoms with E-state index in [1.165, 1.54) is 19.2 Å². The van der Waals surface area contributed by atoms with E-state index in [2.05, 4.69) is 5.32 Å². The zero-order valence-electron chi connectivity index (χ0n) is 21.1. The van der Waals surface area contributed by atoms with Crippen LogP contribution < -0.4 is 20.2 Å². The summed E-state index contributed by atoms with van der Waals surface area (Å²) in [7, 11) is 6.86. The number of hydrogen-bond donors (Lipinski definition) is 3. The second-order valence-electron chi connectivity index (χ2n) is 8.68. The summed E-state index contributed by atoms with van der Waals surface area (Å²) in [6.07, 6.45) is -0.114. The van der Waals surface area contributed by atoms with Gasteiger partial charge in [0, 0.05) is 19.0 Å². The Kier molecular flexibility index (Phi) is 8.60. The van der Waals surface area contributed by atoms with E-state index < -0.39 is 17.1 Å². The highest BCUT2D eigenvalue weighted by atomic mass is 16.5. The summed E-state index contributed by atoms with van der Waals surface area (Å²) in [6, 6.07) is 13.3. The zero-order valence-corrected chi connectivity index (χ0v) is 21.1. The summed E-state index contributed by atoms with van der Waals surface area (Å²) in [5.41, 5.74) is 0.934. The number of aromatic hydroxyl groups is 2.